The standard InChI is InChI=1S/C16H22O3/c1-15-8-9-16(19,10-12(15)4-7-14(15)18)11-2-5-13(17)6-3-11/h2-3,5-6,12,14,17-19H,4,7-10H2,1H3/t12?,14-,15-,16+/m0/s1. The number of aromatic hydroxyl groups is 1. The molecule has 0 bridgehead atoms. The van der Waals surface area contributed by atoms with Crippen molar-refractivity contribution in [3.63, 3.8) is 0 Å². The monoisotopic (exact) mass is 262 g/mol. The summed E-state index contributed by atoms with van der Waals surface area (Å²) in [5.41, 5.74) is 0.0548. The van der Waals surface area contributed by atoms with Crippen molar-refractivity contribution in [1.29, 1.82) is 0 Å². The van der Waals surface area contributed by atoms with E-state index in [2.05, 4.69) is 6.92 Å². The molecule has 2 fully saturated rings. The molecule has 2 aliphatic carbocycles. The Morgan fingerprint density at radius 2 is 1.79 bits per heavy atom. The predicted octanol–water partition coefficient (Wildman–Crippen LogP) is 2.54. The van der Waals surface area contributed by atoms with Gasteiger partial charge in [-0.25, -0.2) is 0 Å². The topological polar surface area (TPSA) is 60.7 Å². The minimum absolute atomic E-state index is 0.0247. The maximum absolute atomic E-state index is 10.9. The second-order valence-corrected chi connectivity index (χ2v) is 6.58. The molecular weight excluding hydrogens is 240 g/mol. The Kier molecular flexibility index (Phi) is 2.88. The van der Waals surface area contributed by atoms with Gasteiger partial charge in [0.15, 0.2) is 0 Å². The van der Waals surface area contributed by atoms with Gasteiger partial charge >= 0.3 is 0 Å². The second kappa shape index (κ2) is 4.22. The average molecular weight is 262 g/mol. The van der Waals surface area contributed by atoms with E-state index in [1.54, 1.807) is 12.1 Å². The van der Waals surface area contributed by atoms with E-state index in [0.29, 0.717) is 18.8 Å². The predicted molar refractivity (Wildman–Crippen MR) is 72.7 cm³/mol. The first kappa shape index (κ1) is 12.9. The Bertz CT molecular complexity index is 469. The van der Waals surface area contributed by atoms with Crippen LogP contribution in [-0.4, -0.2) is 21.4 Å². The molecule has 1 aromatic carbocycles. The SMILES string of the molecule is C[C@]12CC[C@](O)(c3ccc(O)cc3)CC1CC[C@@H]2O. The summed E-state index contributed by atoms with van der Waals surface area (Å²) in [6.07, 6.45) is 3.88. The third-order valence-electron chi connectivity index (χ3n) is 5.55. The van der Waals surface area contributed by atoms with Crippen molar-refractivity contribution in [3.8, 4) is 5.75 Å². The molecule has 1 aromatic rings. The molecule has 0 spiro atoms. The molecule has 3 rings (SSSR count). The van der Waals surface area contributed by atoms with Crippen LogP contribution in [0.25, 0.3) is 0 Å². The number of phenols is 1. The van der Waals surface area contributed by atoms with Crippen LogP contribution in [0.2, 0.25) is 0 Å². The van der Waals surface area contributed by atoms with E-state index >= 15 is 0 Å². The van der Waals surface area contributed by atoms with E-state index in [-0.39, 0.29) is 17.3 Å². The Morgan fingerprint density at radius 3 is 2.47 bits per heavy atom. The molecule has 2 saturated carbocycles. The maximum Gasteiger partial charge on any atom is 0.115 e. The zero-order valence-electron chi connectivity index (χ0n) is 11.3. The summed E-state index contributed by atoms with van der Waals surface area (Å²) >= 11 is 0. The molecule has 0 aliphatic heterocycles. The van der Waals surface area contributed by atoms with Gasteiger partial charge in [0.2, 0.25) is 0 Å². The number of phenolic OH excluding ortho intramolecular Hbond substituents is 1. The van der Waals surface area contributed by atoms with Crippen molar-refractivity contribution in [3.05, 3.63) is 29.8 Å². The fourth-order valence-electron chi connectivity index (χ4n) is 4.02. The Hall–Kier alpha value is -1.06. The first-order valence-corrected chi connectivity index (χ1v) is 7.14. The fraction of sp³-hybridized carbons (Fsp3) is 0.625. The van der Waals surface area contributed by atoms with Crippen LogP contribution in [0.4, 0.5) is 0 Å². The second-order valence-electron chi connectivity index (χ2n) is 6.58. The van der Waals surface area contributed by atoms with Crippen LogP contribution in [0.5, 0.6) is 5.75 Å². The highest BCUT2D eigenvalue weighted by Crippen LogP contribution is 2.56. The van der Waals surface area contributed by atoms with Crippen LogP contribution < -0.4 is 0 Å². The molecule has 1 unspecified atom stereocenters. The number of rotatable bonds is 1. The minimum atomic E-state index is -0.804. The molecular formula is C16H22O3. The van der Waals surface area contributed by atoms with Crippen molar-refractivity contribution >= 4 is 0 Å². The van der Waals surface area contributed by atoms with Crippen molar-refractivity contribution in [1.82, 2.24) is 0 Å². The highest BCUT2D eigenvalue weighted by Gasteiger charge is 2.53. The molecule has 0 radical (unpaired) electrons. The van der Waals surface area contributed by atoms with E-state index in [4.69, 9.17) is 0 Å². The molecule has 0 amide bonds. The van der Waals surface area contributed by atoms with Crippen molar-refractivity contribution in [2.75, 3.05) is 0 Å². The van der Waals surface area contributed by atoms with Gasteiger partial charge in [0, 0.05) is 0 Å². The molecule has 0 heterocycles. The summed E-state index contributed by atoms with van der Waals surface area (Å²) in [7, 11) is 0. The first-order valence-electron chi connectivity index (χ1n) is 7.14. The van der Waals surface area contributed by atoms with Gasteiger partial charge in [-0.15, -0.1) is 0 Å². The quantitative estimate of drug-likeness (QED) is 0.729. The van der Waals surface area contributed by atoms with Gasteiger partial charge < -0.3 is 15.3 Å². The van der Waals surface area contributed by atoms with Crippen LogP contribution in [0.15, 0.2) is 24.3 Å². The van der Waals surface area contributed by atoms with Gasteiger partial charge in [0.1, 0.15) is 5.75 Å². The highest BCUT2D eigenvalue weighted by atomic mass is 16.3. The molecule has 0 saturated heterocycles. The molecule has 2 aliphatic rings. The van der Waals surface area contributed by atoms with Crippen molar-refractivity contribution < 1.29 is 15.3 Å². The zero-order chi connectivity index (χ0) is 13.7. The third-order valence-corrected chi connectivity index (χ3v) is 5.55. The van der Waals surface area contributed by atoms with Gasteiger partial charge in [-0.2, -0.15) is 0 Å². The summed E-state index contributed by atoms with van der Waals surface area (Å²) < 4.78 is 0. The lowest BCUT2D eigenvalue weighted by atomic mass is 9.62. The lowest BCUT2D eigenvalue weighted by Gasteiger charge is -2.46. The largest absolute Gasteiger partial charge is 0.508 e. The number of aliphatic hydroxyl groups is 2. The number of benzene rings is 1. The summed E-state index contributed by atoms with van der Waals surface area (Å²) in [4.78, 5) is 0. The van der Waals surface area contributed by atoms with Gasteiger partial charge in [-0.05, 0) is 61.1 Å². The minimum Gasteiger partial charge on any atom is -0.508 e. The molecule has 4 atom stereocenters. The Morgan fingerprint density at radius 1 is 1.11 bits per heavy atom. The van der Waals surface area contributed by atoms with E-state index in [1.165, 1.54) is 0 Å². The zero-order valence-corrected chi connectivity index (χ0v) is 11.3. The molecule has 0 aromatic heterocycles. The highest BCUT2D eigenvalue weighted by molar-refractivity contribution is 5.30. The molecule has 3 nitrogen and oxygen atoms in total. The lowest BCUT2D eigenvalue weighted by Crippen LogP contribution is -2.44. The van der Waals surface area contributed by atoms with Gasteiger partial charge in [0.25, 0.3) is 0 Å². The van der Waals surface area contributed by atoms with Crippen molar-refractivity contribution in [2.24, 2.45) is 11.3 Å². The number of fused-ring (bicyclic) bond motifs is 1. The van der Waals surface area contributed by atoms with Crippen LogP contribution in [0.1, 0.15) is 44.6 Å². The molecule has 3 heteroatoms. The molecule has 19 heavy (non-hydrogen) atoms. The summed E-state index contributed by atoms with van der Waals surface area (Å²) in [6.45, 7) is 2.16. The smallest absolute Gasteiger partial charge is 0.115 e. The Balaban J connectivity index is 1.86. The van der Waals surface area contributed by atoms with E-state index in [9.17, 15) is 15.3 Å². The van der Waals surface area contributed by atoms with Gasteiger partial charge in [0.05, 0.1) is 11.7 Å². The van der Waals surface area contributed by atoms with Crippen LogP contribution >= 0.6 is 0 Å². The fourth-order valence-corrected chi connectivity index (χ4v) is 4.02. The van der Waals surface area contributed by atoms with E-state index in [0.717, 1.165) is 24.8 Å². The van der Waals surface area contributed by atoms with Crippen LogP contribution in [0, 0.1) is 11.3 Å². The van der Waals surface area contributed by atoms with E-state index in [1.807, 2.05) is 12.1 Å². The Labute approximate surface area is 113 Å². The molecule has 104 valence electrons. The van der Waals surface area contributed by atoms with Crippen molar-refractivity contribution in [2.45, 2.75) is 50.7 Å². The average Bonchev–Trinajstić information content (AvgIpc) is 2.67. The van der Waals surface area contributed by atoms with Crippen LogP contribution in [0.3, 0.4) is 0 Å². The van der Waals surface area contributed by atoms with Gasteiger partial charge in [-0.3, -0.25) is 0 Å². The summed E-state index contributed by atoms with van der Waals surface area (Å²) in [6, 6.07) is 6.88. The van der Waals surface area contributed by atoms with Gasteiger partial charge in [-0.1, -0.05) is 19.1 Å². The molecule has 3 N–H and O–H groups in total. The lowest BCUT2D eigenvalue weighted by molar-refractivity contribution is -0.0854. The number of hydrogen-bond acceptors (Lipinski definition) is 3. The number of aliphatic hydroxyl groups excluding tert-OH is 1. The normalized spacial score (nSPS) is 42.1. The van der Waals surface area contributed by atoms with Crippen LogP contribution in [-0.2, 0) is 5.60 Å². The van der Waals surface area contributed by atoms with E-state index < -0.39 is 5.60 Å². The first-order chi connectivity index (χ1) is 8.94. The summed E-state index contributed by atoms with van der Waals surface area (Å²) in [5.74, 6) is 0.610. The summed E-state index contributed by atoms with van der Waals surface area (Å²) in [5, 5.41) is 30.4. The maximum atomic E-state index is 10.9. The number of hydrogen-bond donors (Lipinski definition) is 3. The third kappa shape index (κ3) is 1.96.